The van der Waals surface area contributed by atoms with Gasteiger partial charge in [-0.05, 0) is 36.7 Å². The second kappa shape index (κ2) is 3.47. The summed E-state index contributed by atoms with van der Waals surface area (Å²) in [5.41, 5.74) is 2.29. The summed E-state index contributed by atoms with van der Waals surface area (Å²) in [5.74, 6) is 0. The number of benzene rings is 1. The molecule has 0 amide bonds. The lowest BCUT2D eigenvalue weighted by Crippen LogP contribution is -2.35. The molecule has 2 aromatic rings. The highest BCUT2D eigenvalue weighted by molar-refractivity contribution is 6.35. The van der Waals surface area contributed by atoms with Crippen LogP contribution < -0.4 is 5.32 Å². The Morgan fingerprint density at radius 3 is 2.93 bits per heavy atom. The Bertz CT molecular complexity index is 506. The third-order valence-electron chi connectivity index (χ3n) is 2.95. The van der Waals surface area contributed by atoms with Crippen molar-refractivity contribution in [3.63, 3.8) is 0 Å². The summed E-state index contributed by atoms with van der Waals surface area (Å²) in [7, 11) is 0. The highest BCUT2D eigenvalue weighted by Crippen LogP contribution is 2.31. The van der Waals surface area contributed by atoms with E-state index in [2.05, 4.69) is 16.4 Å². The van der Waals surface area contributed by atoms with Crippen molar-refractivity contribution in [1.29, 1.82) is 0 Å². The third kappa shape index (κ3) is 1.41. The Balaban J connectivity index is 2.25. The van der Waals surface area contributed by atoms with Crippen molar-refractivity contribution >= 4 is 22.5 Å². The van der Waals surface area contributed by atoms with Gasteiger partial charge in [-0.15, -0.1) is 0 Å². The van der Waals surface area contributed by atoms with Gasteiger partial charge in [0.25, 0.3) is 0 Å². The summed E-state index contributed by atoms with van der Waals surface area (Å²) < 4.78 is 0. The zero-order valence-corrected chi connectivity index (χ0v) is 8.96. The molecule has 2 nitrogen and oxygen atoms in total. The van der Waals surface area contributed by atoms with E-state index in [0.717, 1.165) is 22.5 Å². The molecule has 1 atom stereocenters. The molecule has 0 bridgehead atoms. The van der Waals surface area contributed by atoms with Gasteiger partial charge in [-0.1, -0.05) is 17.7 Å². The Hall–Kier alpha value is -1.12. The summed E-state index contributed by atoms with van der Waals surface area (Å²) in [6.45, 7) is 1.10. The quantitative estimate of drug-likeness (QED) is 0.796. The number of hydrogen-bond donors (Lipinski definition) is 1. The molecular weight excluding hydrogens is 208 g/mol. The fourth-order valence-corrected chi connectivity index (χ4v) is 2.21. The van der Waals surface area contributed by atoms with Crippen LogP contribution in [0.1, 0.15) is 18.0 Å². The second-order valence-electron chi connectivity index (χ2n) is 3.83. The minimum Gasteiger partial charge on any atom is -0.310 e. The molecule has 76 valence electrons. The predicted molar refractivity (Wildman–Crippen MR) is 62.1 cm³/mol. The van der Waals surface area contributed by atoms with Crippen LogP contribution in [0, 0.1) is 0 Å². The number of nitrogens with one attached hydrogen (secondary N) is 1. The molecule has 15 heavy (non-hydrogen) atoms. The number of nitrogens with zero attached hydrogens (tertiary/aromatic N) is 1. The number of hydrogen-bond acceptors (Lipinski definition) is 2. The summed E-state index contributed by atoms with van der Waals surface area (Å²) in [6.07, 6.45) is 3.01. The Morgan fingerprint density at radius 2 is 2.20 bits per heavy atom. The van der Waals surface area contributed by atoms with Crippen LogP contribution in [0.2, 0.25) is 5.02 Å². The first-order chi connectivity index (χ1) is 7.36. The summed E-state index contributed by atoms with van der Waals surface area (Å²) in [5, 5.41) is 5.22. The molecule has 3 rings (SSSR count). The van der Waals surface area contributed by atoms with Gasteiger partial charge in [0.15, 0.2) is 0 Å². The first kappa shape index (κ1) is 9.13. The van der Waals surface area contributed by atoms with Gasteiger partial charge < -0.3 is 5.32 Å². The highest BCUT2D eigenvalue weighted by atomic mass is 35.5. The molecule has 1 aromatic heterocycles. The Labute approximate surface area is 93.3 Å². The monoisotopic (exact) mass is 218 g/mol. The van der Waals surface area contributed by atoms with Crippen LogP contribution in [-0.4, -0.2) is 11.5 Å². The fraction of sp³-hybridized carbons (Fsp3) is 0.250. The Kier molecular flexibility index (Phi) is 2.11. The normalized spacial score (nSPS) is 20.2. The van der Waals surface area contributed by atoms with Gasteiger partial charge in [-0.25, -0.2) is 0 Å². The SMILES string of the molecule is Clc1ccc(C2CCN2)c2ncccc12. The molecule has 0 aliphatic carbocycles. The maximum Gasteiger partial charge on any atom is 0.0764 e. The van der Waals surface area contributed by atoms with Gasteiger partial charge in [0.2, 0.25) is 0 Å². The van der Waals surface area contributed by atoms with Gasteiger partial charge in [-0.3, -0.25) is 4.98 Å². The topological polar surface area (TPSA) is 24.9 Å². The van der Waals surface area contributed by atoms with Crippen molar-refractivity contribution in [2.45, 2.75) is 12.5 Å². The molecular formula is C12H11ClN2. The van der Waals surface area contributed by atoms with E-state index < -0.39 is 0 Å². The van der Waals surface area contributed by atoms with Gasteiger partial charge in [0.1, 0.15) is 0 Å². The molecule has 1 saturated heterocycles. The van der Waals surface area contributed by atoms with Crippen LogP contribution in [0.5, 0.6) is 0 Å². The largest absolute Gasteiger partial charge is 0.310 e. The first-order valence-electron chi connectivity index (χ1n) is 5.13. The smallest absolute Gasteiger partial charge is 0.0764 e. The van der Waals surface area contributed by atoms with Crippen LogP contribution in [0.15, 0.2) is 30.5 Å². The van der Waals surface area contributed by atoms with Crippen LogP contribution in [0.25, 0.3) is 10.9 Å². The van der Waals surface area contributed by atoms with Crippen molar-refractivity contribution in [2.75, 3.05) is 6.54 Å². The maximum atomic E-state index is 6.13. The van der Waals surface area contributed by atoms with Gasteiger partial charge in [0, 0.05) is 22.6 Å². The van der Waals surface area contributed by atoms with Crippen molar-refractivity contribution in [3.05, 3.63) is 41.0 Å². The zero-order valence-electron chi connectivity index (χ0n) is 8.20. The number of pyridine rings is 1. The van der Waals surface area contributed by atoms with Crippen molar-refractivity contribution in [2.24, 2.45) is 0 Å². The molecule has 1 N–H and O–H groups in total. The minimum atomic E-state index is 0.458. The van der Waals surface area contributed by atoms with E-state index in [4.69, 9.17) is 11.6 Å². The molecule has 1 unspecified atom stereocenters. The van der Waals surface area contributed by atoms with E-state index in [1.165, 1.54) is 12.0 Å². The second-order valence-corrected chi connectivity index (χ2v) is 4.24. The van der Waals surface area contributed by atoms with Gasteiger partial charge in [-0.2, -0.15) is 0 Å². The maximum absolute atomic E-state index is 6.13. The molecule has 1 aliphatic heterocycles. The van der Waals surface area contributed by atoms with E-state index in [9.17, 15) is 0 Å². The summed E-state index contributed by atoms with van der Waals surface area (Å²) >= 11 is 6.13. The number of rotatable bonds is 1. The van der Waals surface area contributed by atoms with Gasteiger partial charge in [0.05, 0.1) is 5.52 Å². The third-order valence-corrected chi connectivity index (χ3v) is 3.28. The number of halogens is 1. The highest BCUT2D eigenvalue weighted by Gasteiger charge is 2.21. The van der Waals surface area contributed by atoms with E-state index in [1.54, 1.807) is 0 Å². The van der Waals surface area contributed by atoms with Crippen molar-refractivity contribution in [1.82, 2.24) is 10.3 Å². The molecule has 1 aliphatic rings. The lowest BCUT2D eigenvalue weighted by Gasteiger charge is -2.28. The van der Waals surface area contributed by atoms with E-state index >= 15 is 0 Å². The van der Waals surface area contributed by atoms with E-state index in [-0.39, 0.29) is 0 Å². The molecule has 0 saturated carbocycles. The van der Waals surface area contributed by atoms with Crippen LogP contribution >= 0.6 is 11.6 Å². The molecule has 0 radical (unpaired) electrons. The fourth-order valence-electron chi connectivity index (χ4n) is 2.00. The number of aromatic nitrogens is 1. The van der Waals surface area contributed by atoms with Crippen LogP contribution in [0.4, 0.5) is 0 Å². The van der Waals surface area contributed by atoms with E-state index in [0.29, 0.717) is 6.04 Å². The van der Waals surface area contributed by atoms with Crippen LogP contribution in [0.3, 0.4) is 0 Å². The van der Waals surface area contributed by atoms with Crippen LogP contribution in [-0.2, 0) is 0 Å². The molecule has 3 heteroatoms. The summed E-state index contributed by atoms with van der Waals surface area (Å²) in [6, 6.07) is 8.44. The Morgan fingerprint density at radius 1 is 1.33 bits per heavy atom. The standard InChI is InChI=1S/C12H11ClN2/c13-10-4-3-9(11-5-7-14-11)12-8(10)2-1-6-15-12/h1-4,6,11,14H,5,7H2. The zero-order chi connectivity index (χ0) is 10.3. The average Bonchev–Trinajstić information content (AvgIpc) is 2.20. The molecule has 1 aromatic carbocycles. The van der Waals surface area contributed by atoms with E-state index in [1.807, 2.05) is 24.4 Å². The number of fused-ring (bicyclic) bond motifs is 1. The summed E-state index contributed by atoms with van der Waals surface area (Å²) in [4.78, 5) is 4.42. The molecule has 1 fully saturated rings. The lowest BCUT2D eigenvalue weighted by atomic mass is 9.95. The minimum absolute atomic E-state index is 0.458. The molecule has 2 heterocycles. The molecule has 0 spiro atoms. The van der Waals surface area contributed by atoms with Gasteiger partial charge >= 0.3 is 0 Å². The van der Waals surface area contributed by atoms with Crippen molar-refractivity contribution in [3.8, 4) is 0 Å². The van der Waals surface area contributed by atoms with Crippen molar-refractivity contribution < 1.29 is 0 Å². The lowest BCUT2D eigenvalue weighted by molar-refractivity contribution is 0.385. The average molecular weight is 219 g/mol. The first-order valence-corrected chi connectivity index (χ1v) is 5.50. The predicted octanol–water partition coefficient (Wildman–Crippen LogP) is 2.92.